The first-order valence-electron chi connectivity index (χ1n) is 5.17. The Kier molecular flexibility index (Phi) is 2.61. The van der Waals surface area contributed by atoms with Gasteiger partial charge >= 0.3 is 0 Å². The summed E-state index contributed by atoms with van der Waals surface area (Å²) in [5, 5.41) is 3.41. The van der Waals surface area contributed by atoms with Crippen molar-refractivity contribution in [3.05, 3.63) is 24.2 Å². The van der Waals surface area contributed by atoms with Crippen LogP contribution in [-0.2, 0) is 6.54 Å². The highest BCUT2D eigenvalue weighted by molar-refractivity contribution is 5.00. The lowest BCUT2D eigenvalue weighted by Crippen LogP contribution is -2.57. The van der Waals surface area contributed by atoms with Crippen LogP contribution in [0.3, 0.4) is 0 Å². The molecule has 1 saturated heterocycles. The average Bonchev–Trinajstić information content (AvgIpc) is 2.61. The lowest BCUT2D eigenvalue weighted by atomic mass is 10.00. The van der Waals surface area contributed by atoms with Gasteiger partial charge in [-0.3, -0.25) is 4.90 Å². The van der Waals surface area contributed by atoms with Gasteiger partial charge in [-0.2, -0.15) is 0 Å². The van der Waals surface area contributed by atoms with Gasteiger partial charge in [-0.15, -0.1) is 0 Å². The molecule has 78 valence electrons. The SMILES string of the molecule is CC1(C)CNCCN1Cc1ccco1. The van der Waals surface area contributed by atoms with Crippen molar-refractivity contribution < 1.29 is 4.42 Å². The fourth-order valence-corrected chi connectivity index (χ4v) is 1.91. The van der Waals surface area contributed by atoms with Crippen molar-refractivity contribution in [3.8, 4) is 0 Å². The molecule has 0 bridgehead atoms. The fraction of sp³-hybridized carbons (Fsp3) is 0.636. The summed E-state index contributed by atoms with van der Waals surface area (Å²) in [5.74, 6) is 1.06. The Hall–Kier alpha value is -0.800. The first kappa shape index (κ1) is 9.74. The Morgan fingerprint density at radius 2 is 2.43 bits per heavy atom. The van der Waals surface area contributed by atoms with Gasteiger partial charge in [-0.05, 0) is 26.0 Å². The number of hydrogen-bond donors (Lipinski definition) is 1. The van der Waals surface area contributed by atoms with Crippen molar-refractivity contribution in [3.63, 3.8) is 0 Å². The van der Waals surface area contributed by atoms with E-state index in [-0.39, 0.29) is 5.54 Å². The van der Waals surface area contributed by atoms with E-state index in [0.29, 0.717) is 0 Å². The molecule has 3 heteroatoms. The van der Waals surface area contributed by atoms with Crippen LogP contribution in [0.5, 0.6) is 0 Å². The van der Waals surface area contributed by atoms with Crippen LogP contribution >= 0.6 is 0 Å². The van der Waals surface area contributed by atoms with E-state index in [1.165, 1.54) is 0 Å². The van der Waals surface area contributed by atoms with Crippen molar-refractivity contribution in [1.29, 1.82) is 0 Å². The standard InChI is InChI=1S/C11H18N2O/c1-11(2)9-12-5-6-13(11)8-10-4-3-7-14-10/h3-4,7,12H,5-6,8-9H2,1-2H3. The van der Waals surface area contributed by atoms with Crippen LogP contribution in [0.25, 0.3) is 0 Å². The van der Waals surface area contributed by atoms with Crippen LogP contribution < -0.4 is 5.32 Å². The Morgan fingerprint density at radius 3 is 3.07 bits per heavy atom. The van der Waals surface area contributed by atoms with Crippen LogP contribution in [0.2, 0.25) is 0 Å². The molecule has 0 spiro atoms. The first-order valence-corrected chi connectivity index (χ1v) is 5.17. The maximum Gasteiger partial charge on any atom is 0.117 e. The van der Waals surface area contributed by atoms with Crippen molar-refractivity contribution in [1.82, 2.24) is 10.2 Å². The van der Waals surface area contributed by atoms with E-state index in [0.717, 1.165) is 31.9 Å². The molecular weight excluding hydrogens is 176 g/mol. The maximum atomic E-state index is 5.37. The summed E-state index contributed by atoms with van der Waals surface area (Å²) in [4.78, 5) is 2.46. The minimum absolute atomic E-state index is 0.227. The normalized spacial score (nSPS) is 22.4. The van der Waals surface area contributed by atoms with E-state index in [1.807, 2.05) is 12.1 Å². The molecule has 0 aliphatic carbocycles. The number of nitrogens with zero attached hydrogens (tertiary/aromatic N) is 1. The molecule has 1 aliphatic heterocycles. The largest absolute Gasteiger partial charge is 0.468 e. The van der Waals surface area contributed by atoms with Crippen molar-refractivity contribution in [2.24, 2.45) is 0 Å². The van der Waals surface area contributed by atoms with Gasteiger partial charge in [0.25, 0.3) is 0 Å². The Morgan fingerprint density at radius 1 is 1.57 bits per heavy atom. The second-order valence-corrected chi connectivity index (χ2v) is 4.49. The number of nitrogens with one attached hydrogen (secondary N) is 1. The van der Waals surface area contributed by atoms with E-state index < -0.39 is 0 Å². The molecule has 2 rings (SSSR count). The van der Waals surface area contributed by atoms with Crippen LogP contribution in [0.4, 0.5) is 0 Å². The molecule has 1 aromatic rings. The summed E-state index contributed by atoms with van der Waals surface area (Å²) < 4.78 is 5.37. The quantitative estimate of drug-likeness (QED) is 0.772. The van der Waals surface area contributed by atoms with Crippen molar-refractivity contribution >= 4 is 0 Å². The Labute approximate surface area is 85.1 Å². The van der Waals surface area contributed by atoms with Gasteiger partial charge in [-0.1, -0.05) is 0 Å². The van der Waals surface area contributed by atoms with E-state index in [2.05, 4.69) is 24.1 Å². The molecule has 1 N–H and O–H groups in total. The highest BCUT2D eigenvalue weighted by Gasteiger charge is 2.29. The second-order valence-electron chi connectivity index (χ2n) is 4.49. The third-order valence-corrected chi connectivity index (χ3v) is 2.90. The van der Waals surface area contributed by atoms with Crippen LogP contribution in [0, 0.1) is 0 Å². The van der Waals surface area contributed by atoms with Crippen LogP contribution in [0.1, 0.15) is 19.6 Å². The van der Waals surface area contributed by atoms with Gasteiger partial charge in [0.2, 0.25) is 0 Å². The molecule has 0 atom stereocenters. The zero-order valence-corrected chi connectivity index (χ0v) is 8.92. The van der Waals surface area contributed by atoms with Gasteiger partial charge in [0, 0.05) is 25.2 Å². The van der Waals surface area contributed by atoms with Gasteiger partial charge < -0.3 is 9.73 Å². The Bertz CT molecular complexity index is 279. The minimum Gasteiger partial charge on any atom is -0.468 e. The lowest BCUT2D eigenvalue weighted by molar-refractivity contribution is 0.0754. The Balaban J connectivity index is 2.02. The molecule has 0 amide bonds. The molecule has 1 fully saturated rings. The summed E-state index contributed by atoms with van der Waals surface area (Å²) in [6.45, 7) is 8.66. The maximum absolute atomic E-state index is 5.37. The van der Waals surface area contributed by atoms with Gasteiger partial charge in [-0.25, -0.2) is 0 Å². The third kappa shape index (κ3) is 1.99. The van der Waals surface area contributed by atoms with Crippen molar-refractivity contribution in [2.45, 2.75) is 25.9 Å². The number of furan rings is 1. The summed E-state index contributed by atoms with van der Waals surface area (Å²) in [7, 11) is 0. The average molecular weight is 194 g/mol. The zero-order chi connectivity index (χ0) is 10.0. The number of hydrogen-bond acceptors (Lipinski definition) is 3. The predicted molar refractivity (Wildman–Crippen MR) is 56.1 cm³/mol. The topological polar surface area (TPSA) is 28.4 Å². The molecule has 2 heterocycles. The smallest absolute Gasteiger partial charge is 0.117 e. The highest BCUT2D eigenvalue weighted by atomic mass is 16.3. The molecule has 14 heavy (non-hydrogen) atoms. The molecule has 0 unspecified atom stereocenters. The molecule has 1 aromatic heterocycles. The van der Waals surface area contributed by atoms with Crippen molar-refractivity contribution in [2.75, 3.05) is 19.6 Å². The summed E-state index contributed by atoms with van der Waals surface area (Å²) in [5.41, 5.74) is 0.227. The number of piperazine rings is 1. The van der Waals surface area contributed by atoms with E-state index >= 15 is 0 Å². The molecule has 3 nitrogen and oxygen atoms in total. The van der Waals surface area contributed by atoms with Crippen LogP contribution in [0.15, 0.2) is 22.8 Å². The number of rotatable bonds is 2. The molecular formula is C11H18N2O. The lowest BCUT2D eigenvalue weighted by Gasteiger charge is -2.42. The van der Waals surface area contributed by atoms with Gasteiger partial charge in [0.1, 0.15) is 5.76 Å². The molecule has 0 aromatic carbocycles. The summed E-state index contributed by atoms with van der Waals surface area (Å²) in [6, 6.07) is 3.99. The highest BCUT2D eigenvalue weighted by Crippen LogP contribution is 2.19. The third-order valence-electron chi connectivity index (χ3n) is 2.90. The zero-order valence-electron chi connectivity index (χ0n) is 8.92. The van der Waals surface area contributed by atoms with Gasteiger partial charge in [0.15, 0.2) is 0 Å². The van der Waals surface area contributed by atoms with Crippen LogP contribution in [-0.4, -0.2) is 30.1 Å². The molecule has 0 saturated carbocycles. The monoisotopic (exact) mass is 194 g/mol. The van der Waals surface area contributed by atoms with E-state index in [1.54, 1.807) is 6.26 Å². The molecule has 1 aliphatic rings. The fourth-order valence-electron chi connectivity index (χ4n) is 1.91. The molecule has 0 radical (unpaired) electrons. The first-order chi connectivity index (χ1) is 6.68. The van der Waals surface area contributed by atoms with E-state index in [4.69, 9.17) is 4.42 Å². The minimum atomic E-state index is 0.227. The summed E-state index contributed by atoms with van der Waals surface area (Å²) in [6.07, 6.45) is 1.74. The van der Waals surface area contributed by atoms with Gasteiger partial charge in [0.05, 0.1) is 12.8 Å². The summed E-state index contributed by atoms with van der Waals surface area (Å²) >= 11 is 0. The second kappa shape index (κ2) is 3.75. The predicted octanol–water partition coefficient (Wildman–Crippen LogP) is 1.46. The van der Waals surface area contributed by atoms with E-state index in [9.17, 15) is 0 Å².